The number of rotatable bonds is 2. The van der Waals surface area contributed by atoms with E-state index in [0.29, 0.717) is 0 Å². The SMILES string of the molecule is c1ccc(-n2c3ccccc3c3cc4c(cc32)c2ccccc2c2c4ccc3c2c2ccccc2n3-c2ccc3ccccc3c2)cc1. The smallest absolute Gasteiger partial charge is 0.0547 e. The van der Waals surface area contributed by atoms with Crippen LogP contribution in [0.2, 0.25) is 0 Å². The molecule has 0 N–H and O–H groups in total. The van der Waals surface area contributed by atoms with E-state index in [2.05, 4.69) is 179 Å². The first-order chi connectivity index (χ1) is 23.8. The molecule has 0 aliphatic carbocycles. The maximum absolute atomic E-state index is 2.45. The highest BCUT2D eigenvalue weighted by molar-refractivity contribution is 6.36. The molecule has 0 aliphatic heterocycles. The second kappa shape index (κ2) is 9.57. The number of nitrogens with zero attached hydrogens (tertiary/aromatic N) is 2. The Morgan fingerprint density at radius 2 is 0.854 bits per heavy atom. The molecule has 2 aromatic heterocycles. The third-order valence-corrected chi connectivity index (χ3v) is 10.4. The quantitative estimate of drug-likeness (QED) is 0.173. The average Bonchev–Trinajstić information content (AvgIpc) is 3.67. The van der Waals surface area contributed by atoms with Crippen molar-refractivity contribution in [3.63, 3.8) is 0 Å². The van der Waals surface area contributed by atoms with Crippen molar-refractivity contribution in [3.8, 4) is 11.4 Å². The normalized spacial score (nSPS) is 12.2. The average molecular weight is 609 g/mol. The summed E-state index contributed by atoms with van der Waals surface area (Å²) in [6.07, 6.45) is 0. The number of aromatic nitrogens is 2. The van der Waals surface area contributed by atoms with Crippen LogP contribution in [-0.4, -0.2) is 9.13 Å². The van der Waals surface area contributed by atoms with E-state index in [4.69, 9.17) is 0 Å². The topological polar surface area (TPSA) is 9.86 Å². The Labute approximate surface area is 276 Å². The van der Waals surface area contributed by atoms with Crippen LogP contribution in [-0.2, 0) is 0 Å². The third-order valence-electron chi connectivity index (χ3n) is 10.4. The minimum Gasteiger partial charge on any atom is -0.309 e. The molecule has 222 valence electrons. The fourth-order valence-electron chi connectivity index (χ4n) is 8.41. The second-order valence-electron chi connectivity index (χ2n) is 12.9. The largest absolute Gasteiger partial charge is 0.309 e. The summed E-state index contributed by atoms with van der Waals surface area (Å²) in [5, 5.41) is 15.4. The van der Waals surface area contributed by atoms with E-state index in [0.717, 1.165) is 0 Å². The Kier molecular flexibility index (Phi) is 5.14. The van der Waals surface area contributed by atoms with Gasteiger partial charge in [0.25, 0.3) is 0 Å². The lowest BCUT2D eigenvalue weighted by Crippen LogP contribution is -1.94. The summed E-state index contributed by atoms with van der Waals surface area (Å²) in [6, 6.07) is 62.5. The molecule has 0 bridgehead atoms. The molecule has 0 saturated heterocycles. The zero-order valence-corrected chi connectivity index (χ0v) is 26.1. The highest BCUT2D eigenvalue weighted by Crippen LogP contribution is 2.45. The van der Waals surface area contributed by atoms with Crippen molar-refractivity contribution < 1.29 is 0 Å². The van der Waals surface area contributed by atoms with Gasteiger partial charge in [0.15, 0.2) is 0 Å². The van der Waals surface area contributed by atoms with Crippen LogP contribution >= 0.6 is 0 Å². The molecule has 11 aromatic rings. The molecule has 11 rings (SSSR count). The van der Waals surface area contributed by atoms with E-state index in [-0.39, 0.29) is 0 Å². The van der Waals surface area contributed by atoms with Gasteiger partial charge < -0.3 is 9.13 Å². The maximum atomic E-state index is 2.45. The van der Waals surface area contributed by atoms with Crippen molar-refractivity contribution in [1.82, 2.24) is 9.13 Å². The van der Waals surface area contributed by atoms with Crippen molar-refractivity contribution in [1.29, 1.82) is 0 Å². The molecular weight excluding hydrogens is 581 g/mol. The Balaban J connectivity index is 1.33. The van der Waals surface area contributed by atoms with Gasteiger partial charge in [-0.1, -0.05) is 115 Å². The molecule has 2 nitrogen and oxygen atoms in total. The van der Waals surface area contributed by atoms with Gasteiger partial charge in [-0.25, -0.2) is 0 Å². The molecule has 2 heteroatoms. The summed E-state index contributed by atoms with van der Waals surface area (Å²) in [5.41, 5.74) is 7.26. The van der Waals surface area contributed by atoms with Crippen LogP contribution in [0.25, 0.3) is 98.1 Å². The van der Waals surface area contributed by atoms with Gasteiger partial charge >= 0.3 is 0 Å². The predicted octanol–water partition coefficient (Wildman–Crippen LogP) is 12.5. The molecule has 9 aromatic carbocycles. The van der Waals surface area contributed by atoms with Crippen molar-refractivity contribution in [2.24, 2.45) is 0 Å². The van der Waals surface area contributed by atoms with Gasteiger partial charge in [-0.15, -0.1) is 0 Å². The monoisotopic (exact) mass is 608 g/mol. The Morgan fingerprint density at radius 1 is 0.250 bits per heavy atom. The highest BCUT2D eigenvalue weighted by atomic mass is 15.0. The summed E-state index contributed by atoms with van der Waals surface area (Å²) >= 11 is 0. The van der Waals surface area contributed by atoms with Gasteiger partial charge in [-0.05, 0) is 92.3 Å². The first-order valence-corrected chi connectivity index (χ1v) is 16.6. The van der Waals surface area contributed by atoms with Crippen LogP contribution < -0.4 is 0 Å². The molecule has 0 aliphatic rings. The Hall–Kier alpha value is -6.38. The number of para-hydroxylation sites is 3. The van der Waals surface area contributed by atoms with E-state index in [1.807, 2.05) is 0 Å². The first-order valence-electron chi connectivity index (χ1n) is 16.6. The minimum atomic E-state index is 1.18. The lowest BCUT2D eigenvalue weighted by atomic mass is 9.91. The van der Waals surface area contributed by atoms with Crippen LogP contribution in [0, 0.1) is 0 Å². The Bertz CT molecular complexity index is 3100. The standard InChI is InChI=1S/C46H28N2/c1-2-14-31(15-3-1)47-41-20-10-8-17-34(41)40-27-38-36-24-25-43-46(45(36)35-18-7-6-16-33(35)39(38)28-44(40)47)37-19-9-11-21-42(37)48(43)32-23-22-29-12-4-5-13-30(29)26-32/h1-28H. The molecule has 0 radical (unpaired) electrons. The first kappa shape index (κ1) is 25.8. The van der Waals surface area contributed by atoms with Crippen molar-refractivity contribution in [2.45, 2.75) is 0 Å². The second-order valence-corrected chi connectivity index (χ2v) is 12.9. The van der Waals surface area contributed by atoms with Crippen LogP contribution in [0.4, 0.5) is 0 Å². The van der Waals surface area contributed by atoms with Gasteiger partial charge in [0, 0.05) is 38.3 Å². The molecule has 0 fully saturated rings. The van der Waals surface area contributed by atoms with Crippen molar-refractivity contribution >= 4 is 86.7 Å². The molecule has 0 spiro atoms. The summed E-state index contributed by atoms with van der Waals surface area (Å²) in [4.78, 5) is 0. The fraction of sp³-hybridized carbons (Fsp3) is 0. The molecule has 2 heterocycles. The van der Waals surface area contributed by atoms with E-state index in [9.17, 15) is 0 Å². The van der Waals surface area contributed by atoms with Crippen LogP contribution in [0.15, 0.2) is 170 Å². The van der Waals surface area contributed by atoms with Gasteiger partial charge in [0.05, 0.1) is 22.1 Å². The van der Waals surface area contributed by atoms with E-state index < -0.39 is 0 Å². The van der Waals surface area contributed by atoms with Crippen LogP contribution in [0.5, 0.6) is 0 Å². The molecule has 48 heavy (non-hydrogen) atoms. The molecule has 0 atom stereocenters. The van der Waals surface area contributed by atoms with E-state index in [1.165, 1.54) is 98.1 Å². The van der Waals surface area contributed by atoms with E-state index in [1.54, 1.807) is 0 Å². The van der Waals surface area contributed by atoms with Gasteiger partial charge in [-0.2, -0.15) is 0 Å². The summed E-state index contributed by atoms with van der Waals surface area (Å²) in [6.45, 7) is 0. The molecule has 0 unspecified atom stereocenters. The zero-order chi connectivity index (χ0) is 31.3. The Morgan fingerprint density at radius 3 is 1.69 bits per heavy atom. The van der Waals surface area contributed by atoms with E-state index >= 15 is 0 Å². The zero-order valence-electron chi connectivity index (χ0n) is 26.1. The van der Waals surface area contributed by atoms with Gasteiger partial charge in [0.2, 0.25) is 0 Å². The number of benzene rings is 9. The predicted molar refractivity (Wildman–Crippen MR) is 205 cm³/mol. The highest BCUT2D eigenvalue weighted by Gasteiger charge is 2.20. The molecule has 0 saturated carbocycles. The lowest BCUT2D eigenvalue weighted by Gasteiger charge is -2.14. The van der Waals surface area contributed by atoms with Gasteiger partial charge in [-0.3, -0.25) is 0 Å². The maximum Gasteiger partial charge on any atom is 0.0547 e. The molecule has 0 amide bonds. The van der Waals surface area contributed by atoms with Crippen molar-refractivity contribution in [3.05, 3.63) is 170 Å². The number of fused-ring (bicyclic) bond motifs is 14. The summed E-state index contributed by atoms with van der Waals surface area (Å²) in [7, 11) is 0. The fourth-order valence-corrected chi connectivity index (χ4v) is 8.41. The summed E-state index contributed by atoms with van der Waals surface area (Å²) < 4.78 is 4.87. The van der Waals surface area contributed by atoms with Crippen LogP contribution in [0.3, 0.4) is 0 Å². The lowest BCUT2D eigenvalue weighted by molar-refractivity contribution is 1.18. The number of hydrogen-bond acceptors (Lipinski definition) is 0. The van der Waals surface area contributed by atoms with Gasteiger partial charge in [0.1, 0.15) is 0 Å². The third kappa shape index (κ3) is 3.41. The number of hydrogen-bond donors (Lipinski definition) is 0. The minimum absolute atomic E-state index is 1.18. The molecular formula is C46H28N2. The van der Waals surface area contributed by atoms with Crippen molar-refractivity contribution in [2.75, 3.05) is 0 Å². The van der Waals surface area contributed by atoms with Crippen LogP contribution in [0.1, 0.15) is 0 Å². The summed E-state index contributed by atoms with van der Waals surface area (Å²) in [5.74, 6) is 0.